The normalized spacial score (nSPS) is 11.6. The molecule has 0 aliphatic carbocycles. The predicted octanol–water partition coefficient (Wildman–Crippen LogP) is 2.09. The molecule has 76 valence electrons. The molecular formula is C12H13N3. The topological polar surface area (TPSA) is 62.2 Å². The lowest BCUT2D eigenvalue weighted by Crippen LogP contribution is -2.14. The predicted molar refractivity (Wildman–Crippen MR) is 64.4 cm³/mol. The number of rotatable bonds is 4. The maximum atomic E-state index is 7.22. The summed E-state index contributed by atoms with van der Waals surface area (Å²) in [4.78, 5) is 4.03. The lowest BCUT2D eigenvalue weighted by molar-refractivity contribution is 1.45. The number of amidine groups is 1. The second-order valence-corrected chi connectivity index (χ2v) is 2.82. The molecule has 1 aromatic rings. The average molecular weight is 199 g/mol. The zero-order valence-electron chi connectivity index (χ0n) is 8.35. The van der Waals surface area contributed by atoms with Crippen molar-refractivity contribution in [2.24, 2.45) is 10.7 Å². The van der Waals surface area contributed by atoms with E-state index in [0.29, 0.717) is 5.84 Å². The number of nitrogens with zero attached hydrogens (tertiary/aromatic N) is 1. The van der Waals surface area contributed by atoms with E-state index in [9.17, 15) is 0 Å². The minimum atomic E-state index is 0.396. The van der Waals surface area contributed by atoms with Crippen LogP contribution in [-0.2, 0) is 0 Å². The van der Waals surface area contributed by atoms with Crippen molar-refractivity contribution in [2.45, 2.75) is 0 Å². The highest BCUT2D eigenvalue weighted by atomic mass is 14.8. The molecular weight excluding hydrogens is 186 g/mol. The highest BCUT2D eigenvalue weighted by Crippen LogP contribution is 2.05. The molecule has 1 aromatic carbocycles. The molecule has 0 unspecified atom stereocenters. The molecule has 0 saturated carbocycles. The highest BCUT2D eigenvalue weighted by Gasteiger charge is 2.01. The number of aliphatic imine (C=N–C) groups is 1. The third-order valence-electron chi connectivity index (χ3n) is 1.83. The Bertz CT molecular complexity index is 417. The molecule has 15 heavy (non-hydrogen) atoms. The van der Waals surface area contributed by atoms with E-state index in [0.717, 1.165) is 11.1 Å². The first-order valence-electron chi connectivity index (χ1n) is 4.50. The van der Waals surface area contributed by atoms with Crippen molar-refractivity contribution in [3.05, 3.63) is 60.3 Å². The number of hydrogen-bond donors (Lipinski definition) is 2. The third-order valence-corrected chi connectivity index (χ3v) is 1.83. The number of allylic oxidation sites excluding steroid dienone is 2. The van der Waals surface area contributed by atoms with Crippen LogP contribution in [0, 0.1) is 5.41 Å². The zero-order chi connectivity index (χ0) is 11.1. The monoisotopic (exact) mass is 199 g/mol. The fourth-order valence-electron chi connectivity index (χ4n) is 1.11. The fourth-order valence-corrected chi connectivity index (χ4v) is 1.11. The summed E-state index contributed by atoms with van der Waals surface area (Å²) in [5.41, 5.74) is 7.29. The first kappa shape index (κ1) is 10.9. The molecule has 0 heterocycles. The van der Waals surface area contributed by atoms with Gasteiger partial charge in [0.2, 0.25) is 0 Å². The lowest BCUT2D eigenvalue weighted by Gasteiger charge is -2.02. The Kier molecular flexibility index (Phi) is 4.04. The summed E-state index contributed by atoms with van der Waals surface area (Å²) in [6.07, 6.45) is 6.15. The Morgan fingerprint density at radius 3 is 2.80 bits per heavy atom. The van der Waals surface area contributed by atoms with Gasteiger partial charge in [-0.25, -0.2) is 4.99 Å². The molecule has 0 aliphatic rings. The number of benzene rings is 1. The molecule has 0 bridgehead atoms. The Morgan fingerprint density at radius 1 is 1.40 bits per heavy atom. The molecule has 0 spiro atoms. The van der Waals surface area contributed by atoms with Crippen molar-refractivity contribution < 1.29 is 0 Å². The van der Waals surface area contributed by atoms with Crippen LogP contribution in [0.25, 0.3) is 0 Å². The van der Waals surface area contributed by atoms with E-state index >= 15 is 0 Å². The van der Waals surface area contributed by atoms with Gasteiger partial charge in [0.15, 0.2) is 0 Å². The van der Waals surface area contributed by atoms with Crippen LogP contribution in [0.4, 0.5) is 0 Å². The van der Waals surface area contributed by atoms with Crippen LogP contribution in [0.3, 0.4) is 0 Å². The van der Waals surface area contributed by atoms with E-state index in [1.54, 1.807) is 18.4 Å². The molecule has 3 heteroatoms. The standard InChI is InChI=1S/C12H13N3/c1-2-3-8-15-12(14)11-7-5-4-6-10(11)9-13/h2-9,13H,1H2,(H2,14,15)/b8-3-,13-9?. The molecule has 0 atom stereocenters. The maximum absolute atomic E-state index is 7.22. The van der Waals surface area contributed by atoms with Gasteiger partial charge in [0, 0.05) is 23.5 Å². The van der Waals surface area contributed by atoms with Crippen molar-refractivity contribution in [3.63, 3.8) is 0 Å². The second kappa shape index (κ2) is 5.54. The molecule has 0 radical (unpaired) electrons. The summed E-state index contributed by atoms with van der Waals surface area (Å²) in [7, 11) is 0. The van der Waals surface area contributed by atoms with E-state index in [-0.39, 0.29) is 0 Å². The van der Waals surface area contributed by atoms with Crippen LogP contribution in [0.5, 0.6) is 0 Å². The van der Waals surface area contributed by atoms with Gasteiger partial charge in [-0.3, -0.25) is 0 Å². The van der Waals surface area contributed by atoms with Gasteiger partial charge in [-0.1, -0.05) is 36.9 Å². The van der Waals surface area contributed by atoms with Gasteiger partial charge in [0.1, 0.15) is 5.84 Å². The summed E-state index contributed by atoms with van der Waals surface area (Å²) < 4.78 is 0. The van der Waals surface area contributed by atoms with Crippen molar-refractivity contribution >= 4 is 12.1 Å². The summed E-state index contributed by atoms with van der Waals surface area (Å²) in [5.74, 6) is 0.396. The van der Waals surface area contributed by atoms with Crippen molar-refractivity contribution in [3.8, 4) is 0 Å². The van der Waals surface area contributed by atoms with Gasteiger partial charge < -0.3 is 11.1 Å². The van der Waals surface area contributed by atoms with E-state index in [1.807, 2.05) is 24.3 Å². The third kappa shape index (κ3) is 2.91. The summed E-state index contributed by atoms with van der Waals surface area (Å²) in [6.45, 7) is 3.53. The molecule has 0 saturated heterocycles. The molecule has 1 rings (SSSR count). The molecule has 3 N–H and O–H groups in total. The van der Waals surface area contributed by atoms with Crippen molar-refractivity contribution in [2.75, 3.05) is 0 Å². The first-order valence-corrected chi connectivity index (χ1v) is 4.50. The van der Waals surface area contributed by atoms with E-state index in [2.05, 4.69) is 11.6 Å². The molecule has 0 fully saturated rings. The Labute approximate surface area is 89.2 Å². The number of nitrogens with two attached hydrogens (primary N) is 1. The summed E-state index contributed by atoms with van der Waals surface area (Å²) in [5, 5.41) is 7.22. The number of hydrogen-bond acceptors (Lipinski definition) is 2. The minimum Gasteiger partial charge on any atom is -0.383 e. The van der Waals surface area contributed by atoms with Crippen molar-refractivity contribution in [1.29, 1.82) is 5.41 Å². The average Bonchev–Trinajstić information content (AvgIpc) is 2.29. The van der Waals surface area contributed by atoms with Gasteiger partial charge in [-0.05, 0) is 6.08 Å². The zero-order valence-corrected chi connectivity index (χ0v) is 8.35. The largest absolute Gasteiger partial charge is 0.383 e. The first-order chi connectivity index (χ1) is 7.29. The Balaban J connectivity index is 3.04. The van der Waals surface area contributed by atoms with Crippen LogP contribution in [0.15, 0.2) is 54.2 Å². The van der Waals surface area contributed by atoms with E-state index in [1.165, 1.54) is 6.21 Å². The van der Waals surface area contributed by atoms with Gasteiger partial charge >= 0.3 is 0 Å². The van der Waals surface area contributed by atoms with Gasteiger partial charge in [-0.2, -0.15) is 0 Å². The Hall–Kier alpha value is -2.16. The summed E-state index contributed by atoms with van der Waals surface area (Å²) in [6, 6.07) is 7.38. The maximum Gasteiger partial charge on any atom is 0.131 e. The van der Waals surface area contributed by atoms with Crippen LogP contribution in [-0.4, -0.2) is 12.1 Å². The van der Waals surface area contributed by atoms with Crippen LogP contribution in [0.1, 0.15) is 11.1 Å². The second-order valence-electron chi connectivity index (χ2n) is 2.82. The van der Waals surface area contributed by atoms with Crippen LogP contribution in [0.2, 0.25) is 0 Å². The van der Waals surface area contributed by atoms with Gasteiger partial charge in [-0.15, -0.1) is 0 Å². The highest BCUT2D eigenvalue weighted by molar-refractivity contribution is 6.04. The molecule has 3 nitrogen and oxygen atoms in total. The lowest BCUT2D eigenvalue weighted by atomic mass is 10.1. The fraction of sp³-hybridized carbons (Fsp3) is 0. The SMILES string of the molecule is C=C/C=C\N=C(N)c1ccccc1C=N. The quantitative estimate of drug-likeness (QED) is 0.435. The summed E-state index contributed by atoms with van der Waals surface area (Å²) >= 11 is 0. The minimum absolute atomic E-state index is 0.396. The smallest absolute Gasteiger partial charge is 0.131 e. The number of nitrogens with one attached hydrogen (secondary N) is 1. The van der Waals surface area contributed by atoms with Crippen molar-refractivity contribution in [1.82, 2.24) is 0 Å². The van der Waals surface area contributed by atoms with E-state index < -0.39 is 0 Å². The molecule has 0 aromatic heterocycles. The van der Waals surface area contributed by atoms with E-state index in [4.69, 9.17) is 11.1 Å². The van der Waals surface area contributed by atoms with Crippen LogP contribution < -0.4 is 5.73 Å². The van der Waals surface area contributed by atoms with Gasteiger partial charge in [0.25, 0.3) is 0 Å². The van der Waals surface area contributed by atoms with Crippen LogP contribution >= 0.6 is 0 Å². The molecule has 0 amide bonds. The Morgan fingerprint density at radius 2 is 2.13 bits per heavy atom. The van der Waals surface area contributed by atoms with Gasteiger partial charge in [0.05, 0.1) is 0 Å². The molecule has 0 aliphatic heterocycles.